The second-order valence-electron chi connectivity index (χ2n) is 2.50. The molecule has 0 spiro atoms. The molecule has 0 aromatic carbocycles. The van der Waals surface area contributed by atoms with Crippen molar-refractivity contribution in [3.05, 3.63) is 0 Å². The molecule has 0 rings (SSSR count). The molecule has 0 aromatic rings. The summed E-state index contributed by atoms with van der Waals surface area (Å²) >= 11 is 0. The molecule has 0 heterocycles. The van der Waals surface area contributed by atoms with Gasteiger partial charge < -0.3 is 0 Å². The SMILES string of the molecule is CCNC(CC)=[N+](CC)CC. The fraction of sp³-hybridized carbons (Fsp3) is 0.889. The normalized spacial score (nSPS) is 9.45. The van der Waals surface area contributed by atoms with E-state index < -0.39 is 0 Å². The summed E-state index contributed by atoms with van der Waals surface area (Å²) in [5.41, 5.74) is 0. The molecule has 0 amide bonds. The summed E-state index contributed by atoms with van der Waals surface area (Å²) in [5, 5.41) is 3.38. The van der Waals surface area contributed by atoms with Crippen LogP contribution in [0, 0.1) is 0 Å². The molecule has 11 heavy (non-hydrogen) atoms. The first-order valence-electron chi connectivity index (χ1n) is 4.64. The average molecular weight is 157 g/mol. The molecule has 66 valence electrons. The Morgan fingerprint density at radius 2 is 1.64 bits per heavy atom. The molecule has 0 bridgehead atoms. The van der Waals surface area contributed by atoms with Gasteiger partial charge in [0.2, 0.25) is 5.84 Å². The molecule has 0 fully saturated rings. The maximum Gasteiger partial charge on any atom is 0.244 e. The lowest BCUT2D eigenvalue weighted by Gasteiger charge is -2.06. The van der Waals surface area contributed by atoms with Crippen LogP contribution in [-0.4, -0.2) is 30.0 Å². The molecule has 1 N–H and O–H groups in total. The van der Waals surface area contributed by atoms with E-state index in [-0.39, 0.29) is 0 Å². The maximum atomic E-state index is 3.38. The smallest absolute Gasteiger partial charge is 0.244 e. The Bertz CT molecular complexity index is 122. The molecule has 0 radical (unpaired) electrons. The van der Waals surface area contributed by atoms with Gasteiger partial charge in [-0.15, -0.1) is 0 Å². The monoisotopic (exact) mass is 157 g/mol. The topological polar surface area (TPSA) is 15.0 Å². The van der Waals surface area contributed by atoms with Crippen molar-refractivity contribution in [2.24, 2.45) is 0 Å². The zero-order chi connectivity index (χ0) is 8.69. The first-order chi connectivity index (χ1) is 5.29. The van der Waals surface area contributed by atoms with E-state index in [1.165, 1.54) is 5.84 Å². The molecule has 0 aliphatic rings. The largest absolute Gasteiger partial charge is 0.279 e. The van der Waals surface area contributed by atoms with Gasteiger partial charge in [-0.3, -0.25) is 9.89 Å². The zero-order valence-electron chi connectivity index (χ0n) is 8.28. The van der Waals surface area contributed by atoms with Crippen LogP contribution in [0.25, 0.3) is 0 Å². The molecule has 0 aliphatic carbocycles. The second kappa shape index (κ2) is 6.20. The van der Waals surface area contributed by atoms with Crippen LogP contribution in [-0.2, 0) is 0 Å². The van der Waals surface area contributed by atoms with Gasteiger partial charge in [0.05, 0.1) is 19.6 Å². The molecule has 0 aliphatic heterocycles. The minimum atomic E-state index is 1.03. The van der Waals surface area contributed by atoms with Gasteiger partial charge in [0.25, 0.3) is 0 Å². The van der Waals surface area contributed by atoms with Gasteiger partial charge in [-0.25, -0.2) is 0 Å². The van der Waals surface area contributed by atoms with E-state index in [9.17, 15) is 0 Å². The zero-order valence-corrected chi connectivity index (χ0v) is 8.28. The third-order valence-electron chi connectivity index (χ3n) is 1.86. The lowest BCUT2D eigenvalue weighted by Crippen LogP contribution is -2.33. The summed E-state index contributed by atoms with van der Waals surface area (Å²) in [6.45, 7) is 11.9. The van der Waals surface area contributed by atoms with Crippen LogP contribution in [0.3, 0.4) is 0 Å². The number of rotatable bonds is 4. The summed E-state index contributed by atoms with van der Waals surface area (Å²) in [6.07, 6.45) is 1.11. The van der Waals surface area contributed by atoms with Crippen molar-refractivity contribution in [2.75, 3.05) is 19.6 Å². The van der Waals surface area contributed by atoms with Gasteiger partial charge in [0, 0.05) is 6.42 Å². The van der Waals surface area contributed by atoms with Gasteiger partial charge in [0.1, 0.15) is 0 Å². The molecule has 0 atom stereocenters. The van der Waals surface area contributed by atoms with E-state index in [0.717, 1.165) is 26.1 Å². The Hall–Kier alpha value is -0.530. The highest BCUT2D eigenvalue weighted by Crippen LogP contribution is 1.83. The van der Waals surface area contributed by atoms with Crippen molar-refractivity contribution < 1.29 is 4.58 Å². The van der Waals surface area contributed by atoms with Crippen LogP contribution < -0.4 is 5.32 Å². The van der Waals surface area contributed by atoms with Crippen LogP contribution in [0.4, 0.5) is 0 Å². The maximum absolute atomic E-state index is 3.38. The predicted octanol–water partition coefficient (Wildman–Crippen LogP) is 1.46. The third kappa shape index (κ3) is 3.40. The van der Waals surface area contributed by atoms with Crippen LogP contribution in [0.15, 0.2) is 0 Å². The fourth-order valence-corrected chi connectivity index (χ4v) is 1.27. The minimum absolute atomic E-state index is 1.03. The van der Waals surface area contributed by atoms with Gasteiger partial charge in [-0.2, -0.15) is 0 Å². The van der Waals surface area contributed by atoms with E-state index in [1.54, 1.807) is 0 Å². The number of hydrogen-bond donors (Lipinski definition) is 1. The highest BCUT2D eigenvalue weighted by atomic mass is 15.1. The Balaban J connectivity index is 4.21. The standard InChI is InChI=1S/C9H20N2/c1-5-9(10-6-2)11(7-3)8-4/h5-8H2,1-4H3/p+1. The summed E-state index contributed by atoms with van der Waals surface area (Å²) < 4.78 is 2.36. The van der Waals surface area contributed by atoms with Crippen LogP contribution in [0.1, 0.15) is 34.1 Å². The number of nitrogens with one attached hydrogen (secondary N) is 1. The quantitative estimate of drug-likeness (QED) is 0.371. The molecular weight excluding hydrogens is 136 g/mol. The second-order valence-corrected chi connectivity index (χ2v) is 2.50. The summed E-state index contributed by atoms with van der Waals surface area (Å²) in [4.78, 5) is 0. The van der Waals surface area contributed by atoms with Crippen molar-refractivity contribution in [1.29, 1.82) is 0 Å². The van der Waals surface area contributed by atoms with Crippen molar-refractivity contribution >= 4 is 5.84 Å². The number of hydrogen-bond acceptors (Lipinski definition) is 0. The van der Waals surface area contributed by atoms with Crippen molar-refractivity contribution in [1.82, 2.24) is 5.32 Å². The number of nitrogens with zero attached hydrogens (tertiary/aromatic N) is 1. The fourth-order valence-electron chi connectivity index (χ4n) is 1.27. The van der Waals surface area contributed by atoms with Crippen molar-refractivity contribution in [3.63, 3.8) is 0 Å². The Kier molecular flexibility index (Phi) is 5.90. The first kappa shape index (κ1) is 10.5. The summed E-state index contributed by atoms with van der Waals surface area (Å²) in [6, 6.07) is 0. The number of amidine groups is 1. The molecular formula is C9H21N2+. The van der Waals surface area contributed by atoms with Crippen molar-refractivity contribution in [3.8, 4) is 0 Å². The van der Waals surface area contributed by atoms with Crippen LogP contribution >= 0.6 is 0 Å². The molecule has 2 heteroatoms. The van der Waals surface area contributed by atoms with Gasteiger partial charge in [0.15, 0.2) is 0 Å². The molecule has 0 aromatic heterocycles. The third-order valence-corrected chi connectivity index (χ3v) is 1.86. The van der Waals surface area contributed by atoms with E-state index >= 15 is 0 Å². The Morgan fingerprint density at radius 3 is 1.91 bits per heavy atom. The van der Waals surface area contributed by atoms with Crippen molar-refractivity contribution in [2.45, 2.75) is 34.1 Å². The van der Waals surface area contributed by atoms with Gasteiger partial charge in [-0.05, 0) is 20.8 Å². The van der Waals surface area contributed by atoms with Gasteiger partial charge in [-0.1, -0.05) is 6.92 Å². The first-order valence-corrected chi connectivity index (χ1v) is 4.64. The molecule has 2 nitrogen and oxygen atoms in total. The van der Waals surface area contributed by atoms with Crippen LogP contribution in [0.2, 0.25) is 0 Å². The highest BCUT2D eigenvalue weighted by Gasteiger charge is 2.05. The Morgan fingerprint density at radius 1 is 1.09 bits per heavy atom. The lowest BCUT2D eigenvalue weighted by molar-refractivity contribution is -0.523. The highest BCUT2D eigenvalue weighted by molar-refractivity contribution is 5.76. The molecule has 0 saturated heterocycles. The Labute approximate surface area is 70.3 Å². The molecule has 0 unspecified atom stereocenters. The lowest BCUT2D eigenvalue weighted by atomic mass is 10.4. The predicted molar refractivity (Wildman–Crippen MR) is 50.3 cm³/mol. The summed E-state index contributed by atoms with van der Waals surface area (Å²) in [5.74, 6) is 1.37. The molecule has 0 saturated carbocycles. The van der Waals surface area contributed by atoms with E-state index in [4.69, 9.17) is 0 Å². The minimum Gasteiger partial charge on any atom is -0.279 e. The van der Waals surface area contributed by atoms with E-state index in [2.05, 4.69) is 37.6 Å². The van der Waals surface area contributed by atoms with Gasteiger partial charge >= 0.3 is 0 Å². The summed E-state index contributed by atoms with van der Waals surface area (Å²) in [7, 11) is 0. The van der Waals surface area contributed by atoms with E-state index in [1.807, 2.05) is 0 Å². The van der Waals surface area contributed by atoms with Crippen LogP contribution in [0.5, 0.6) is 0 Å². The average Bonchev–Trinajstić information content (AvgIpc) is 2.05. The van der Waals surface area contributed by atoms with E-state index in [0.29, 0.717) is 0 Å².